The van der Waals surface area contributed by atoms with Crippen LogP contribution in [0.25, 0.3) is 0 Å². The maximum Gasteiger partial charge on any atom is 0.234 e. The van der Waals surface area contributed by atoms with Gasteiger partial charge in [0.25, 0.3) is 0 Å². The van der Waals surface area contributed by atoms with Gasteiger partial charge in [-0.2, -0.15) is 0 Å². The van der Waals surface area contributed by atoms with Gasteiger partial charge in [-0.3, -0.25) is 9.69 Å². The van der Waals surface area contributed by atoms with Crippen LogP contribution in [-0.2, 0) is 11.3 Å². The Kier molecular flexibility index (Phi) is 6.26. The number of benzene rings is 2. The Morgan fingerprint density at radius 2 is 1.88 bits per heavy atom. The number of rotatable bonds is 7. The Bertz CT molecular complexity index is 720. The summed E-state index contributed by atoms with van der Waals surface area (Å²) >= 11 is 0. The molecule has 0 bridgehead atoms. The Morgan fingerprint density at radius 1 is 1.15 bits per heavy atom. The van der Waals surface area contributed by atoms with Crippen molar-refractivity contribution in [2.75, 3.05) is 33.3 Å². The molecule has 1 amide bonds. The lowest BCUT2D eigenvalue weighted by atomic mass is 9.89. The maximum absolute atomic E-state index is 12.4. The Morgan fingerprint density at radius 3 is 2.62 bits per heavy atom. The molecule has 0 unspecified atom stereocenters. The number of nitrogens with zero attached hydrogens (tertiary/aromatic N) is 1. The van der Waals surface area contributed by atoms with Gasteiger partial charge in [0.1, 0.15) is 5.75 Å². The molecule has 26 heavy (non-hydrogen) atoms. The zero-order valence-electron chi connectivity index (χ0n) is 15.2. The fourth-order valence-corrected chi connectivity index (χ4v) is 3.71. The molecule has 0 spiro atoms. The van der Waals surface area contributed by atoms with Gasteiger partial charge in [0.05, 0.1) is 13.7 Å². The van der Waals surface area contributed by atoms with Crippen LogP contribution >= 0.6 is 0 Å². The summed E-state index contributed by atoms with van der Waals surface area (Å²) in [6, 6.07) is 18.2. The van der Waals surface area contributed by atoms with Crippen LogP contribution in [-0.4, -0.2) is 44.1 Å². The number of ether oxygens (including phenoxy) is 1. The van der Waals surface area contributed by atoms with Crippen molar-refractivity contribution in [1.29, 1.82) is 0 Å². The van der Waals surface area contributed by atoms with Crippen LogP contribution in [0.3, 0.4) is 0 Å². The predicted octanol–water partition coefficient (Wildman–Crippen LogP) is 1.99. The van der Waals surface area contributed by atoms with E-state index < -0.39 is 0 Å². The highest BCUT2D eigenvalue weighted by molar-refractivity contribution is 5.78. The van der Waals surface area contributed by atoms with Crippen molar-refractivity contribution in [3.63, 3.8) is 0 Å². The molecule has 138 valence electrons. The fourth-order valence-electron chi connectivity index (χ4n) is 3.71. The standard InChI is InChI=1S/C21H27N3O2/c1-26-20-10-6-5-9-17(20)12-23-21(25)15-24-13-18(11-22)19(14-24)16-7-3-2-4-8-16/h2-10,18-19H,11-15,22H2,1H3,(H,23,25)/t18-,19+/m1/s1. The normalized spacial score (nSPS) is 20.1. The van der Waals surface area contributed by atoms with Crippen LogP contribution in [0, 0.1) is 5.92 Å². The van der Waals surface area contributed by atoms with Crippen molar-refractivity contribution in [3.8, 4) is 5.75 Å². The molecule has 1 heterocycles. The smallest absolute Gasteiger partial charge is 0.234 e. The van der Waals surface area contributed by atoms with Crippen molar-refractivity contribution in [2.24, 2.45) is 11.7 Å². The molecule has 5 nitrogen and oxygen atoms in total. The molecular weight excluding hydrogens is 326 g/mol. The molecule has 0 aliphatic carbocycles. The summed E-state index contributed by atoms with van der Waals surface area (Å²) in [4.78, 5) is 14.6. The molecule has 1 fully saturated rings. The second-order valence-electron chi connectivity index (χ2n) is 6.80. The molecule has 1 aliphatic rings. The van der Waals surface area contributed by atoms with Gasteiger partial charge in [-0.1, -0.05) is 48.5 Å². The van der Waals surface area contributed by atoms with E-state index in [0.29, 0.717) is 31.5 Å². The highest BCUT2D eigenvalue weighted by Crippen LogP contribution is 2.31. The summed E-state index contributed by atoms with van der Waals surface area (Å²) in [5.74, 6) is 1.60. The quantitative estimate of drug-likeness (QED) is 0.799. The third-order valence-corrected chi connectivity index (χ3v) is 5.08. The highest BCUT2D eigenvalue weighted by atomic mass is 16.5. The van der Waals surface area contributed by atoms with E-state index in [1.807, 2.05) is 30.3 Å². The van der Waals surface area contributed by atoms with Crippen molar-refractivity contribution in [3.05, 3.63) is 65.7 Å². The van der Waals surface area contributed by atoms with E-state index in [9.17, 15) is 4.79 Å². The number of hydrogen-bond donors (Lipinski definition) is 2. The number of nitrogens with two attached hydrogens (primary N) is 1. The molecule has 1 saturated heterocycles. The molecule has 3 rings (SSSR count). The van der Waals surface area contributed by atoms with Gasteiger partial charge >= 0.3 is 0 Å². The number of likely N-dealkylation sites (tertiary alicyclic amines) is 1. The van der Waals surface area contributed by atoms with E-state index in [1.165, 1.54) is 5.56 Å². The SMILES string of the molecule is COc1ccccc1CNC(=O)CN1C[C@@H](CN)[C@H](c2ccccc2)C1. The first-order valence-electron chi connectivity index (χ1n) is 9.07. The Balaban J connectivity index is 1.55. The number of nitrogens with one attached hydrogen (secondary N) is 1. The van der Waals surface area contributed by atoms with Crippen LogP contribution < -0.4 is 15.8 Å². The van der Waals surface area contributed by atoms with Crippen molar-refractivity contribution in [1.82, 2.24) is 10.2 Å². The topological polar surface area (TPSA) is 67.6 Å². The number of methoxy groups -OCH3 is 1. The van der Waals surface area contributed by atoms with Gasteiger partial charge in [-0.05, 0) is 24.1 Å². The second-order valence-corrected chi connectivity index (χ2v) is 6.80. The van der Waals surface area contributed by atoms with Gasteiger partial charge in [-0.25, -0.2) is 0 Å². The molecule has 3 N–H and O–H groups in total. The summed E-state index contributed by atoms with van der Waals surface area (Å²) in [7, 11) is 1.64. The Hall–Kier alpha value is -2.37. The number of carbonyl (C=O) groups excluding carboxylic acids is 1. The van der Waals surface area contributed by atoms with Gasteiger partial charge in [-0.15, -0.1) is 0 Å². The van der Waals surface area contributed by atoms with Gasteiger partial charge in [0.15, 0.2) is 0 Å². The highest BCUT2D eigenvalue weighted by Gasteiger charge is 2.33. The van der Waals surface area contributed by atoms with Crippen LogP contribution in [0.2, 0.25) is 0 Å². The summed E-state index contributed by atoms with van der Waals surface area (Å²) in [6.45, 7) is 3.24. The Labute approximate surface area is 155 Å². The molecule has 2 atom stereocenters. The van der Waals surface area contributed by atoms with E-state index in [4.69, 9.17) is 10.5 Å². The second kappa shape index (κ2) is 8.83. The van der Waals surface area contributed by atoms with E-state index in [-0.39, 0.29) is 5.91 Å². The first kappa shape index (κ1) is 18.4. The molecule has 1 aliphatic heterocycles. The number of hydrogen-bond acceptors (Lipinski definition) is 4. The predicted molar refractivity (Wildman–Crippen MR) is 103 cm³/mol. The third-order valence-electron chi connectivity index (χ3n) is 5.08. The van der Waals surface area contributed by atoms with Crippen LogP contribution in [0.1, 0.15) is 17.0 Å². The van der Waals surface area contributed by atoms with Gasteiger partial charge in [0.2, 0.25) is 5.91 Å². The molecule has 2 aromatic rings. The summed E-state index contributed by atoms with van der Waals surface area (Å²) in [6.07, 6.45) is 0. The monoisotopic (exact) mass is 353 g/mol. The van der Waals surface area contributed by atoms with E-state index in [2.05, 4.69) is 34.5 Å². The van der Waals surface area contributed by atoms with E-state index >= 15 is 0 Å². The lowest BCUT2D eigenvalue weighted by Crippen LogP contribution is -2.36. The fraction of sp³-hybridized carbons (Fsp3) is 0.381. The lowest BCUT2D eigenvalue weighted by Gasteiger charge is -2.17. The third kappa shape index (κ3) is 4.42. The zero-order valence-corrected chi connectivity index (χ0v) is 15.2. The molecule has 0 aromatic heterocycles. The largest absolute Gasteiger partial charge is 0.496 e. The van der Waals surface area contributed by atoms with Gasteiger partial charge < -0.3 is 15.8 Å². The zero-order chi connectivity index (χ0) is 18.4. The van der Waals surface area contributed by atoms with E-state index in [1.54, 1.807) is 7.11 Å². The molecule has 0 saturated carbocycles. The molecule has 5 heteroatoms. The molecule has 2 aromatic carbocycles. The minimum absolute atomic E-state index is 0.0281. The van der Waals surface area contributed by atoms with Crippen molar-refractivity contribution < 1.29 is 9.53 Å². The van der Waals surface area contributed by atoms with E-state index in [0.717, 1.165) is 24.4 Å². The summed E-state index contributed by atoms with van der Waals surface area (Å²) in [5, 5.41) is 3.00. The average Bonchev–Trinajstić information content (AvgIpc) is 3.10. The first-order valence-corrected chi connectivity index (χ1v) is 9.07. The first-order chi connectivity index (χ1) is 12.7. The minimum Gasteiger partial charge on any atom is -0.496 e. The van der Waals surface area contributed by atoms with Crippen LogP contribution in [0.15, 0.2) is 54.6 Å². The van der Waals surface area contributed by atoms with Crippen molar-refractivity contribution in [2.45, 2.75) is 12.5 Å². The van der Waals surface area contributed by atoms with Crippen LogP contribution in [0.5, 0.6) is 5.75 Å². The summed E-state index contributed by atoms with van der Waals surface area (Å²) < 4.78 is 5.33. The van der Waals surface area contributed by atoms with Gasteiger partial charge in [0, 0.05) is 31.1 Å². The number of para-hydroxylation sites is 1. The number of amides is 1. The maximum atomic E-state index is 12.4. The molecular formula is C21H27N3O2. The number of carbonyl (C=O) groups is 1. The van der Waals surface area contributed by atoms with Crippen LogP contribution in [0.4, 0.5) is 0 Å². The molecule has 0 radical (unpaired) electrons. The summed E-state index contributed by atoms with van der Waals surface area (Å²) in [5.41, 5.74) is 8.26. The van der Waals surface area contributed by atoms with Crippen molar-refractivity contribution >= 4 is 5.91 Å². The lowest BCUT2D eigenvalue weighted by molar-refractivity contribution is -0.122. The minimum atomic E-state index is 0.0281. The average molecular weight is 353 g/mol.